The number of unbranched alkanes of at least 4 members (excludes halogenated alkanes) is 4. The summed E-state index contributed by atoms with van der Waals surface area (Å²) in [4.78, 5) is 127. The average molecular weight is 1070 g/mol. The fourth-order valence-corrected chi connectivity index (χ4v) is 8.57. The van der Waals surface area contributed by atoms with Crippen LogP contribution in [0.25, 0.3) is 0 Å². The molecule has 0 bridgehead atoms. The Balaban J connectivity index is 2.75. The minimum Gasteiger partial charge on any atom is -0.393 e. The van der Waals surface area contributed by atoms with Gasteiger partial charge in [-0.25, -0.2) is 0 Å². The van der Waals surface area contributed by atoms with E-state index < -0.39 is 120 Å². The van der Waals surface area contributed by atoms with E-state index >= 15 is 0 Å². The minimum absolute atomic E-state index is 0.0474. The molecule has 9 atom stereocenters. The number of aliphatic hydroxyl groups excluding tert-OH is 1. The van der Waals surface area contributed by atoms with Gasteiger partial charge in [0.25, 0.3) is 5.91 Å². The van der Waals surface area contributed by atoms with E-state index in [0.29, 0.717) is 18.4 Å². The number of carbonyl (C=O) groups is 9. The molecule has 430 valence electrons. The molecule has 0 radical (unpaired) electrons. The summed E-state index contributed by atoms with van der Waals surface area (Å²) in [5.41, 5.74) is 21.2. The van der Waals surface area contributed by atoms with Crippen molar-refractivity contribution < 1.29 is 53.4 Å². The third kappa shape index (κ3) is 24.5. The van der Waals surface area contributed by atoms with Crippen LogP contribution in [0.1, 0.15) is 136 Å². The van der Waals surface area contributed by atoms with E-state index in [1.165, 1.54) is 0 Å². The van der Waals surface area contributed by atoms with Gasteiger partial charge in [0, 0.05) is 19.4 Å². The van der Waals surface area contributed by atoms with Crippen LogP contribution in [0.5, 0.6) is 0 Å². The van der Waals surface area contributed by atoms with E-state index in [9.17, 15) is 53.4 Å². The monoisotopic (exact) mass is 1070 g/mol. The van der Waals surface area contributed by atoms with Gasteiger partial charge in [-0.3, -0.25) is 43.2 Å². The summed E-state index contributed by atoms with van der Waals surface area (Å²) in [5, 5.41) is 46.3. The highest BCUT2D eigenvalue weighted by Crippen LogP contribution is 2.15. The van der Waals surface area contributed by atoms with E-state index in [1.54, 1.807) is 44.2 Å². The Hall–Kier alpha value is -5.79. The number of aliphatic hydroxyl groups is 2. The van der Waals surface area contributed by atoms with Gasteiger partial charge in [-0.05, 0) is 94.9 Å². The Labute approximate surface area is 448 Å². The molecule has 0 aromatic heterocycles. The van der Waals surface area contributed by atoms with Crippen LogP contribution >= 0.6 is 0 Å². The lowest BCUT2D eigenvalue weighted by Crippen LogP contribution is -2.66. The maximum atomic E-state index is 14.5. The third-order valence-corrected chi connectivity index (χ3v) is 12.8. The van der Waals surface area contributed by atoms with Gasteiger partial charge in [0.1, 0.15) is 42.3 Å². The van der Waals surface area contributed by atoms with Crippen molar-refractivity contribution in [1.29, 1.82) is 0 Å². The number of carbonyl (C=O) groups excluding carboxylic acids is 9. The van der Waals surface area contributed by atoms with E-state index in [-0.39, 0.29) is 95.8 Å². The van der Waals surface area contributed by atoms with Gasteiger partial charge in [0.15, 0.2) is 0 Å². The Morgan fingerprint density at radius 2 is 1.09 bits per heavy atom. The maximum Gasteiger partial charge on any atom is 0.273 e. The molecule has 1 heterocycles. The molecule has 1 fully saturated rings. The quantitative estimate of drug-likeness (QED) is 0.0350. The normalized spacial score (nSPS) is 23.7. The number of hydrogen-bond acceptors (Lipinski definition) is 15. The molecular weight excluding hydrogens is 983 g/mol. The molecule has 76 heavy (non-hydrogen) atoms. The molecule has 24 heteroatoms. The van der Waals surface area contributed by atoms with Crippen molar-refractivity contribution in [3.05, 3.63) is 35.9 Å². The Kier molecular flexibility index (Phi) is 31.0. The first-order valence-corrected chi connectivity index (χ1v) is 27.1. The van der Waals surface area contributed by atoms with Crippen molar-refractivity contribution in [2.45, 2.75) is 191 Å². The second-order valence-electron chi connectivity index (χ2n) is 20.5. The van der Waals surface area contributed by atoms with Crippen molar-refractivity contribution >= 4 is 53.2 Å². The van der Waals surface area contributed by atoms with E-state index in [0.717, 1.165) is 25.7 Å². The molecule has 1 aliphatic rings. The first kappa shape index (κ1) is 66.3. The highest BCUT2D eigenvalue weighted by Gasteiger charge is 2.42. The predicted octanol–water partition coefficient (Wildman–Crippen LogP) is -2.06. The zero-order valence-electron chi connectivity index (χ0n) is 45.4. The molecule has 0 aliphatic carbocycles. The smallest absolute Gasteiger partial charge is 0.273 e. The largest absolute Gasteiger partial charge is 0.393 e. The molecule has 1 aromatic rings. The molecule has 1 aromatic carbocycles. The number of amides is 9. The highest BCUT2D eigenvalue weighted by molar-refractivity contribution is 5.99. The van der Waals surface area contributed by atoms with Gasteiger partial charge < -0.3 is 81.0 Å². The Morgan fingerprint density at radius 1 is 0.618 bits per heavy atom. The lowest BCUT2D eigenvalue weighted by Gasteiger charge is -2.32. The van der Waals surface area contributed by atoms with Crippen molar-refractivity contribution in [2.75, 3.05) is 32.7 Å². The first-order chi connectivity index (χ1) is 36.1. The Bertz CT molecular complexity index is 2000. The van der Waals surface area contributed by atoms with Gasteiger partial charge >= 0.3 is 0 Å². The van der Waals surface area contributed by atoms with Gasteiger partial charge in [-0.1, -0.05) is 97.1 Å². The lowest BCUT2D eigenvalue weighted by molar-refractivity contribution is -0.153. The van der Waals surface area contributed by atoms with E-state index in [2.05, 4.69) is 54.8 Å². The molecule has 1 saturated heterocycles. The van der Waals surface area contributed by atoms with Gasteiger partial charge in [-0.15, -0.1) is 0 Å². The molecule has 9 amide bonds. The van der Waals surface area contributed by atoms with Gasteiger partial charge in [0.2, 0.25) is 53.0 Å². The first-order valence-electron chi connectivity index (χ1n) is 27.1. The zero-order chi connectivity index (χ0) is 56.8. The second kappa shape index (κ2) is 35.5. The molecule has 0 spiro atoms. The molecule has 19 N–H and O–H groups in total. The number of nitrogens with one attached hydrogen (secondary N) is 9. The van der Waals surface area contributed by atoms with Gasteiger partial charge in [0.05, 0.1) is 12.5 Å². The number of hydrogen-bond donors (Lipinski definition) is 15. The number of nitrogens with two attached hydrogens (primary N) is 4. The van der Waals surface area contributed by atoms with Crippen molar-refractivity contribution in [1.82, 2.24) is 47.9 Å². The topological polar surface area (TPSA) is 406 Å². The SMILES string of the molecule is CCCCCCC[C@@H](O)CC(=O)N[C@H](CCCN)C(=O)N[C@]1(O)CCNC(=O)[C@H](CC(C)C)NC(=O)[C@H](CCN)NC(=O)[C@H](CCN)NC(=O)[C@H](CC(C)C)NC(=O)[C@@H](Cc2ccccc2)NC(=O)[C@H](CCN)NC1=O. The molecule has 0 unspecified atom stereocenters. The van der Waals surface area contributed by atoms with Crippen LogP contribution in [0.3, 0.4) is 0 Å². The summed E-state index contributed by atoms with van der Waals surface area (Å²) in [6, 6.07) is -0.816. The van der Waals surface area contributed by atoms with E-state index in [1.807, 2.05) is 13.8 Å². The summed E-state index contributed by atoms with van der Waals surface area (Å²) >= 11 is 0. The average Bonchev–Trinajstić information content (AvgIpc) is 3.35. The van der Waals surface area contributed by atoms with Crippen molar-refractivity contribution in [2.24, 2.45) is 34.8 Å². The third-order valence-electron chi connectivity index (χ3n) is 12.8. The zero-order valence-corrected chi connectivity index (χ0v) is 45.4. The number of rotatable bonds is 26. The summed E-state index contributed by atoms with van der Waals surface area (Å²) in [6.45, 7) is 8.53. The van der Waals surface area contributed by atoms with Crippen LogP contribution in [0.15, 0.2) is 30.3 Å². The van der Waals surface area contributed by atoms with E-state index in [4.69, 9.17) is 22.9 Å². The highest BCUT2D eigenvalue weighted by atomic mass is 16.3. The number of benzene rings is 1. The predicted molar refractivity (Wildman–Crippen MR) is 287 cm³/mol. The summed E-state index contributed by atoms with van der Waals surface area (Å²) in [5.74, 6) is -8.27. The van der Waals surface area contributed by atoms with Crippen molar-refractivity contribution in [3.63, 3.8) is 0 Å². The summed E-state index contributed by atoms with van der Waals surface area (Å²) in [7, 11) is 0. The molecule has 0 saturated carbocycles. The van der Waals surface area contributed by atoms with Crippen LogP contribution in [-0.2, 0) is 49.6 Å². The standard InChI is InChI=1S/C52H91N13O11/c1-6-7-8-9-13-17-35(66)31-43(67)58-36(18-14-23-53)50(74)65-52(76)22-27-57-44(68)40(28-32(2)3)61-46(70)38(20-25-55)59-45(69)37(19-24-54)60-48(72)41(29-33(4)5)62-49(73)42(30-34-15-11-10-12-16-34)63-47(71)39(21-26-56)64-51(52)75/h10-12,15-16,32-33,35-42,66,76H,6-9,13-14,17-31,53-56H2,1-5H3,(H,57,68)(H,58,67)(H,59,69)(H,60,72)(H,61,70)(H,62,73)(H,63,71)(H,64,75)(H,65,74)/t35-,36-,37+,38+,39+,40+,41+,42-,52+/m1/s1. The maximum absolute atomic E-state index is 14.5. The lowest BCUT2D eigenvalue weighted by atomic mass is 10.00. The summed E-state index contributed by atoms with van der Waals surface area (Å²) < 4.78 is 0. The fourth-order valence-electron chi connectivity index (χ4n) is 8.57. The second-order valence-corrected chi connectivity index (χ2v) is 20.5. The fraction of sp³-hybridized carbons (Fsp3) is 0.712. The molecule has 1 aliphatic heterocycles. The van der Waals surface area contributed by atoms with Crippen molar-refractivity contribution in [3.8, 4) is 0 Å². The van der Waals surface area contributed by atoms with Crippen LogP contribution in [-0.4, -0.2) is 150 Å². The molecule has 24 nitrogen and oxygen atoms in total. The summed E-state index contributed by atoms with van der Waals surface area (Å²) in [6.07, 6.45) is 2.74. The van der Waals surface area contributed by atoms with Crippen LogP contribution < -0.4 is 70.8 Å². The van der Waals surface area contributed by atoms with Crippen LogP contribution in [0.2, 0.25) is 0 Å². The minimum atomic E-state index is -2.93. The molecule has 2 rings (SSSR count). The Morgan fingerprint density at radius 3 is 1.61 bits per heavy atom. The molecular formula is C52H91N13O11. The van der Waals surface area contributed by atoms with Crippen LogP contribution in [0.4, 0.5) is 0 Å². The van der Waals surface area contributed by atoms with Gasteiger partial charge in [-0.2, -0.15) is 0 Å². The van der Waals surface area contributed by atoms with Crippen LogP contribution in [0, 0.1) is 11.8 Å².